The molecule has 0 heterocycles. The lowest BCUT2D eigenvalue weighted by molar-refractivity contribution is -0.141. The van der Waals surface area contributed by atoms with Crippen molar-refractivity contribution in [1.82, 2.24) is 0 Å². The molecule has 0 amide bonds. The van der Waals surface area contributed by atoms with E-state index < -0.39 is 11.7 Å². The third-order valence-electron chi connectivity index (χ3n) is 0.511. The molecule has 0 unspecified atom stereocenters. The molecule has 58 valence electrons. The smallest absolute Gasteiger partial charge is 0.372 e. The first kappa shape index (κ1) is 16.4. The van der Waals surface area contributed by atoms with Gasteiger partial charge in [-0.1, -0.05) is 0 Å². The van der Waals surface area contributed by atoms with Crippen LogP contribution in [-0.2, 0) is 9.53 Å². The maximum absolute atomic E-state index is 10.2. The number of hydrogen-bond donors (Lipinski definition) is 1. The molecule has 0 saturated carbocycles. The highest BCUT2D eigenvalue weighted by Crippen LogP contribution is 1.85. The summed E-state index contributed by atoms with van der Waals surface area (Å²) in [4.78, 5) is 10.2. The van der Waals surface area contributed by atoms with Crippen LogP contribution in [0.5, 0.6) is 0 Å². The van der Waals surface area contributed by atoms with Crippen LogP contribution in [0.25, 0.3) is 0 Å². The molecule has 0 saturated heterocycles. The maximum atomic E-state index is 10.2. The van der Waals surface area contributed by atoms with Crippen LogP contribution in [0.1, 0.15) is 6.92 Å². The molecule has 0 radical (unpaired) electrons. The third-order valence-corrected chi connectivity index (χ3v) is 0.511. The first-order valence-electron chi connectivity index (χ1n) is 2.23. The number of aliphatic hydroxyl groups is 1. The molecule has 0 aliphatic heterocycles. The van der Waals surface area contributed by atoms with Gasteiger partial charge in [-0.25, -0.2) is 4.79 Å². The van der Waals surface area contributed by atoms with E-state index in [-0.39, 0.29) is 35.1 Å². The van der Waals surface area contributed by atoms with Crippen LogP contribution in [0.4, 0.5) is 0 Å². The molecule has 0 fully saturated rings. The molecule has 0 rings (SSSR count). The van der Waals surface area contributed by atoms with Gasteiger partial charge in [-0.05, 0) is 13.5 Å². The van der Waals surface area contributed by atoms with Crippen LogP contribution in [0.3, 0.4) is 0 Å². The monoisotopic (exact) mass is 160 g/mol. The Hall–Kier alpha value is -0.264. The fourth-order valence-corrected chi connectivity index (χ4v) is 0.214. The van der Waals surface area contributed by atoms with Crippen molar-refractivity contribution in [3.63, 3.8) is 0 Å². The Bertz CT molecular complexity index is 112. The second kappa shape index (κ2) is 8.74. The van der Waals surface area contributed by atoms with E-state index in [4.69, 9.17) is 5.11 Å². The van der Waals surface area contributed by atoms with Gasteiger partial charge in [0.2, 0.25) is 0 Å². The minimum Gasteiger partial charge on any atom is -0.502 e. The summed E-state index contributed by atoms with van der Waals surface area (Å²) in [5.74, 6) is -1.31. The molecular formula is C5H12MgO4. The first-order valence-corrected chi connectivity index (χ1v) is 2.23. The Labute approximate surface area is 75.3 Å². The van der Waals surface area contributed by atoms with Crippen molar-refractivity contribution in [2.24, 2.45) is 0 Å². The first-order chi connectivity index (χ1) is 3.68. The van der Waals surface area contributed by atoms with E-state index >= 15 is 0 Å². The highest BCUT2D eigenvalue weighted by atomic mass is 24.3. The van der Waals surface area contributed by atoms with E-state index in [1.807, 2.05) is 0 Å². The zero-order valence-electron chi connectivity index (χ0n) is 5.18. The highest BCUT2D eigenvalue weighted by molar-refractivity contribution is 5.84. The molecule has 0 aromatic carbocycles. The summed E-state index contributed by atoms with van der Waals surface area (Å²) >= 11 is 0. The van der Waals surface area contributed by atoms with Crippen LogP contribution in [0, 0.1) is 0 Å². The lowest BCUT2D eigenvalue weighted by Gasteiger charge is -1.95. The molecule has 0 aromatic heterocycles. The molecule has 0 aromatic rings. The Balaban J connectivity index is -0.000000245. The van der Waals surface area contributed by atoms with Crippen molar-refractivity contribution in [2.45, 2.75) is 6.92 Å². The molecule has 5 heteroatoms. The zero-order valence-corrected chi connectivity index (χ0v) is 5.18. The fourth-order valence-electron chi connectivity index (χ4n) is 0.214. The second-order valence-corrected chi connectivity index (χ2v) is 1.17. The molecule has 0 spiro atoms. The van der Waals surface area contributed by atoms with Gasteiger partial charge in [-0.2, -0.15) is 0 Å². The Morgan fingerprint density at radius 1 is 1.70 bits per heavy atom. The number of hydrogen-bond acceptors (Lipinski definition) is 3. The normalized spacial score (nSPS) is 6.50. The standard InChI is InChI=1S/C5H8O3.Mg.H2O.2H/c1-3-8-5(7)4(2)6;;;;/h6H,2-3H2,1H3;;1H2;;. The molecule has 0 aliphatic carbocycles. The summed E-state index contributed by atoms with van der Waals surface area (Å²) in [6.45, 7) is 4.87. The van der Waals surface area contributed by atoms with Crippen LogP contribution >= 0.6 is 0 Å². The second-order valence-electron chi connectivity index (χ2n) is 1.17. The van der Waals surface area contributed by atoms with Crippen molar-refractivity contribution in [2.75, 3.05) is 6.61 Å². The molecule has 3 N–H and O–H groups in total. The molecular weight excluding hydrogens is 148 g/mol. The number of rotatable bonds is 2. The minimum absolute atomic E-state index is 0. The predicted molar refractivity (Wildman–Crippen MR) is 40.6 cm³/mol. The predicted octanol–water partition coefficient (Wildman–Crippen LogP) is -1.12. The number of carbonyl (C=O) groups excluding carboxylic acids is 1. The summed E-state index contributed by atoms with van der Waals surface area (Å²) in [6.07, 6.45) is 0. The average Bonchev–Trinajstić information content (AvgIpc) is 1.67. The van der Waals surface area contributed by atoms with Gasteiger partial charge in [0.15, 0.2) is 5.76 Å². The average molecular weight is 160 g/mol. The molecule has 10 heavy (non-hydrogen) atoms. The van der Waals surface area contributed by atoms with Crippen molar-refractivity contribution in [3.8, 4) is 0 Å². The van der Waals surface area contributed by atoms with Gasteiger partial charge in [-0.3, -0.25) is 0 Å². The Morgan fingerprint density at radius 2 is 2.10 bits per heavy atom. The van der Waals surface area contributed by atoms with Crippen molar-refractivity contribution >= 4 is 29.0 Å². The highest BCUT2D eigenvalue weighted by Gasteiger charge is 2.01. The molecule has 4 nitrogen and oxygen atoms in total. The molecule has 0 bridgehead atoms. The minimum atomic E-state index is -0.757. The van der Waals surface area contributed by atoms with Crippen LogP contribution in [0.2, 0.25) is 0 Å². The van der Waals surface area contributed by atoms with Gasteiger partial charge in [-0.15, -0.1) is 0 Å². The van der Waals surface area contributed by atoms with Gasteiger partial charge in [0.05, 0.1) is 6.61 Å². The fraction of sp³-hybridized carbons (Fsp3) is 0.400. The maximum Gasteiger partial charge on any atom is 0.372 e. The van der Waals surface area contributed by atoms with Crippen molar-refractivity contribution < 1.29 is 20.1 Å². The van der Waals surface area contributed by atoms with Gasteiger partial charge >= 0.3 is 29.0 Å². The van der Waals surface area contributed by atoms with Crippen molar-refractivity contribution in [3.05, 3.63) is 12.3 Å². The summed E-state index contributed by atoms with van der Waals surface area (Å²) < 4.78 is 4.31. The van der Waals surface area contributed by atoms with E-state index in [2.05, 4.69) is 11.3 Å². The van der Waals surface area contributed by atoms with Gasteiger partial charge in [0.1, 0.15) is 0 Å². The van der Waals surface area contributed by atoms with E-state index in [1.165, 1.54) is 0 Å². The molecule has 0 aliphatic rings. The summed E-state index contributed by atoms with van der Waals surface area (Å²) in [5, 5.41) is 8.28. The van der Waals surface area contributed by atoms with Gasteiger partial charge in [0, 0.05) is 0 Å². The summed E-state index contributed by atoms with van der Waals surface area (Å²) in [7, 11) is 0. The lowest BCUT2D eigenvalue weighted by atomic mass is 10.6. The topological polar surface area (TPSA) is 78.0 Å². The van der Waals surface area contributed by atoms with Crippen LogP contribution < -0.4 is 0 Å². The van der Waals surface area contributed by atoms with Crippen LogP contribution in [-0.4, -0.2) is 46.2 Å². The summed E-state index contributed by atoms with van der Waals surface area (Å²) in [6, 6.07) is 0. The zero-order chi connectivity index (χ0) is 6.57. The number of esters is 1. The van der Waals surface area contributed by atoms with E-state index in [1.54, 1.807) is 6.92 Å². The Morgan fingerprint density at radius 3 is 2.20 bits per heavy atom. The SMILES string of the molecule is C=C(O)C(=O)OCC.O.[MgH2]. The lowest BCUT2D eigenvalue weighted by Crippen LogP contribution is -2.05. The quantitative estimate of drug-likeness (QED) is 0.241. The van der Waals surface area contributed by atoms with Crippen LogP contribution in [0.15, 0.2) is 12.3 Å². The number of carbonyl (C=O) groups is 1. The van der Waals surface area contributed by atoms with E-state index in [0.717, 1.165) is 0 Å². The Kier molecular flexibility index (Phi) is 14.3. The van der Waals surface area contributed by atoms with Gasteiger partial charge < -0.3 is 15.3 Å². The van der Waals surface area contributed by atoms with E-state index in [0.29, 0.717) is 0 Å². The van der Waals surface area contributed by atoms with Crippen molar-refractivity contribution in [1.29, 1.82) is 0 Å². The van der Waals surface area contributed by atoms with E-state index in [9.17, 15) is 4.79 Å². The number of ether oxygens (including phenoxy) is 1. The number of aliphatic hydroxyl groups excluding tert-OH is 1. The summed E-state index contributed by atoms with van der Waals surface area (Å²) in [5.41, 5.74) is 0. The third kappa shape index (κ3) is 7.74. The van der Waals surface area contributed by atoms with Gasteiger partial charge in [0.25, 0.3) is 0 Å². The largest absolute Gasteiger partial charge is 0.502 e. The molecule has 0 atom stereocenters.